The van der Waals surface area contributed by atoms with Crippen LogP contribution in [0.4, 0.5) is 0 Å². The van der Waals surface area contributed by atoms with Gasteiger partial charge in [0.05, 0.1) is 5.52 Å². The Morgan fingerprint density at radius 2 is 1.56 bits per heavy atom. The molecule has 3 aromatic carbocycles. The van der Waals surface area contributed by atoms with Gasteiger partial charge < -0.3 is 4.40 Å². The Labute approximate surface area is 158 Å². The molecule has 2 heterocycles. The second-order valence-corrected chi connectivity index (χ2v) is 7.73. The van der Waals surface area contributed by atoms with E-state index in [1.165, 1.54) is 63.9 Å². The summed E-state index contributed by atoms with van der Waals surface area (Å²) in [5, 5.41) is 5.56. The van der Waals surface area contributed by atoms with Crippen molar-refractivity contribution in [3.8, 4) is 11.1 Å². The van der Waals surface area contributed by atoms with Gasteiger partial charge in [-0.1, -0.05) is 42.5 Å². The molecular formula is C26H21N. The van der Waals surface area contributed by atoms with E-state index in [9.17, 15) is 0 Å². The molecule has 0 aliphatic heterocycles. The molecule has 1 aliphatic carbocycles. The highest BCUT2D eigenvalue weighted by atomic mass is 14.8. The first-order valence-electron chi connectivity index (χ1n) is 9.92. The quantitative estimate of drug-likeness (QED) is 0.294. The topological polar surface area (TPSA) is 4.41 Å². The summed E-state index contributed by atoms with van der Waals surface area (Å²) in [6, 6.07) is 24.9. The van der Waals surface area contributed by atoms with Crippen LogP contribution in [0.5, 0.6) is 0 Å². The van der Waals surface area contributed by atoms with Crippen LogP contribution in [-0.4, -0.2) is 4.40 Å². The molecule has 0 saturated heterocycles. The van der Waals surface area contributed by atoms with Gasteiger partial charge in [-0.05, 0) is 88.2 Å². The molecule has 1 heteroatoms. The number of aromatic nitrogens is 1. The average Bonchev–Trinajstić information content (AvgIpc) is 3.17. The summed E-state index contributed by atoms with van der Waals surface area (Å²) in [6.45, 7) is 0. The number of fused-ring (bicyclic) bond motifs is 6. The zero-order valence-corrected chi connectivity index (χ0v) is 15.3. The van der Waals surface area contributed by atoms with Crippen LogP contribution in [0.1, 0.15) is 24.0 Å². The molecule has 27 heavy (non-hydrogen) atoms. The minimum Gasteiger partial charge on any atom is -0.323 e. The summed E-state index contributed by atoms with van der Waals surface area (Å²) >= 11 is 0. The van der Waals surface area contributed by atoms with Gasteiger partial charge in [0.25, 0.3) is 0 Å². The number of nitrogens with zero attached hydrogens (tertiary/aromatic N) is 1. The van der Waals surface area contributed by atoms with Crippen molar-refractivity contribution in [2.75, 3.05) is 0 Å². The lowest BCUT2D eigenvalue weighted by molar-refractivity contribution is 0.690. The smallest absolute Gasteiger partial charge is 0.0528 e. The molecule has 0 amide bonds. The minimum atomic E-state index is 1.23. The van der Waals surface area contributed by atoms with E-state index in [4.69, 9.17) is 0 Å². The molecule has 1 nitrogen and oxygen atoms in total. The second kappa shape index (κ2) is 5.72. The van der Waals surface area contributed by atoms with Gasteiger partial charge >= 0.3 is 0 Å². The summed E-state index contributed by atoms with van der Waals surface area (Å²) in [7, 11) is 0. The minimum absolute atomic E-state index is 1.23. The third kappa shape index (κ3) is 2.24. The van der Waals surface area contributed by atoms with Crippen LogP contribution >= 0.6 is 0 Å². The molecule has 0 bridgehead atoms. The first kappa shape index (κ1) is 15.0. The van der Waals surface area contributed by atoms with Gasteiger partial charge in [-0.2, -0.15) is 0 Å². The zero-order chi connectivity index (χ0) is 17.8. The van der Waals surface area contributed by atoms with E-state index >= 15 is 0 Å². The number of benzene rings is 3. The maximum Gasteiger partial charge on any atom is 0.0528 e. The number of hydrogen-bond acceptors (Lipinski definition) is 0. The van der Waals surface area contributed by atoms with Gasteiger partial charge in [-0.25, -0.2) is 0 Å². The Morgan fingerprint density at radius 1 is 0.667 bits per heavy atom. The molecule has 1 aliphatic rings. The van der Waals surface area contributed by atoms with Crippen molar-refractivity contribution >= 4 is 27.1 Å². The summed E-state index contributed by atoms with van der Waals surface area (Å²) in [4.78, 5) is 0. The zero-order valence-electron chi connectivity index (χ0n) is 15.3. The predicted octanol–water partition coefficient (Wildman–Crippen LogP) is 6.79. The lowest BCUT2D eigenvalue weighted by Crippen LogP contribution is -2.03. The van der Waals surface area contributed by atoms with Crippen molar-refractivity contribution in [3.05, 3.63) is 90.3 Å². The van der Waals surface area contributed by atoms with Crippen molar-refractivity contribution < 1.29 is 0 Å². The lowest BCUT2D eigenvalue weighted by Gasteiger charge is -2.19. The third-order valence-corrected chi connectivity index (χ3v) is 6.23. The lowest BCUT2D eigenvalue weighted by atomic mass is 9.86. The van der Waals surface area contributed by atoms with Crippen LogP contribution in [-0.2, 0) is 12.8 Å². The molecule has 0 unspecified atom stereocenters. The Balaban J connectivity index is 1.58. The molecule has 5 aromatic rings. The number of aryl methyl sites for hydroxylation is 2. The van der Waals surface area contributed by atoms with Gasteiger partial charge in [0.2, 0.25) is 0 Å². The third-order valence-electron chi connectivity index (χ3n) is 6.23. The number of pyridine rings is 1. The second-order valence-electron chi connectivity index (χ2n) is 7.73. The molecule has 0 spiro atoms. The Bertz CT molecular complexity index is 1320. The molecular weight excluding hydrogens is 326 g/mol. The van der Waals surface area contributed by atoms with Crippen molar-refractivity contribution in [2.45, 2.75) is 25.7 Å². The van der Waals surface area contributed by atoms with E-state index in [0.29, 0.717) is 0 Å². The molecule has 0 saturated carbocycles. The Kier molecular flexibility index (Phi) is 3.19. The van der Waals surface area contributed by atoms with Crippen LogP contribution in [0.25, 0.3) is 38.2 Å². The SMILES string of the molecule is c1ccn2ccc(-c3ccc4c(ccc5c6c(ccc54)CCCC6)c3)c2c1. The molecule has 0 N–H and O–H groups in total. The first-order valence-corrected chi connectivity index (χ1v) is 9.92. The summed E-state index contributed by atoms with van der Waals surface area (Å²) in [5.74, 6) is 0. The van der Waals surface area contributed by atoms with Crippen molar-refractivity contribution in [2.24, 2.45) is 0 Å². The number of rotatable bonds is 1. The van der Waals surface area contributed by atoms with E-state index in [1.807, 2.05) is 0 Å². The summed E-state index contributed by atoms with van der Waals surface area (Å²) in [6.07, 6.45) is 9.38. The summed E-state index contributed by atoms with van der Waals surface area (Å²) < 4.78 is 2.19. The fraction of sp³-hybridized carbons (Fsp3) is 0.154. The summed E-state index contributed by atoms with van der Waals surface area (Å²) in [5.41, 5.74) is 6.98. The van der Waals surface area contributed by atoms with Crippen molar-refractivity contribution in [1.82, 2.24) is 4.40 Å². The molecule has 0 atom stereocenters. The number of hydrogen-bond donors (Lipinski definition) is 0. The first-order chi connectivity index (χ1) is 13.4. The van der Waals surface area contributed by atoms with Crippen LogP contribution in [0, 0.1) is 0 Å². The molecule has 6 rings (SSSR count). The molecule has 130 valence electrons. The van der Waals surface area contributed by atoms with Gasteiger partial charge in [0, 0.05) is 18.0 Å². The molecule has 2 aromatic heterocycles. The van der Waals surface area contributed by atoms with Crippen LogP contribution < -0.4 is 0 Å². The fourth-order valence-electron chi connectivity index (χ4n) is 4.87. The highest BCUT2D eigenvalue weighted by Crippen LogP contribution is 2.35. The van der Waals surface area contributed by atoms with E-state index in [1.54, 1.807) is 11.1 Å². The van der Waals surface area contributed by atoms with E-state index in [0.717, 1.165) is 0 Å². The van der Waals surface area contributed by atoms with E-state index < -0.39 is 0 Å². The van der Waals surface area contributed by atoms with Gasteiger partial charge in [0.1, 0.15) is 0 Å². The predicted molar refractivity (Wildman–Crippen MR) is 114 cm³/mol. The van der Waals surface area contributed by atoms with Crippen LogP contribution in [0.15, 0.2) is 79.1 Å². The van der Waals surface area contributed by atoms with E-state index in [-0.39, 0.29) is 0 Å². The maximum atomic E-state index is 2.37. The Morgan fingerprint density at radius 3 is 2.56 bits per heavy atom. The van der Waals surface area contributed by atoms with Gasteiger partial charge in [0.15, 0.2) is 0 Å². The van der Waals surface area contributed by atoms with Crippen LogP contribution in [0.2, 0.25) is 0 Å². The standard InChI is InChI=1S/C26H21N/c1-2-6-21-18(5-1)8-12-25-22-11-9-20(17-19(22)10-13-24(21)25)23-14-16-27-15-4-3-7-26(23)27/h3-4,7-17H,1-2,5-6H2. The maximum absolute atomic E-state index is 2.37. The monoisotopic (exact) mass is 347 g/mol. The highest BCUT2D eigenvalue weighted by Gasteiger charge is 2.14. The van der Waals surface area contributed by atoms with Crippen LogP contribution in [0.3, 0.4) is 0 Å². The van der Waals surface area contributed by atoms with Gasteiger partial charge in [-0.3, -0.25) is 0 Å². The highest BCUT2D eigenvalue weighted by molar-refractivity contribution is 6.10. The van der Waals surface area contributed by atoms with Crippen molar-refractivity contribution in [3.63, 3.8) is 0 Å². The van der Waals surface area contributed by atoms with Crippen molar-refractivity contribution in [1.29, 1.82) is 0 Å². The fourth-order valence-corrected chi connectivity index (χ4v) is 4.87. The van der Waals surface area contributed by atoms with Gasteiger partial charge in [-0.15, -0.1) is 0 Å². The molecule has 0 fully saturated rings. The average molecular weight is 347 g/mol. The molecule has 0 radical (unpaired) electrons. The van der Waals surface area contributed by atoms with E-state index in [2.05, 4.69) is 83.5 Å². The normalized spacial score (nSPS) is 14.1. The Hall–Kier alpha value is -3.06. The largest absolute Gasteiger partial charge is 0.323 e.